The Kier molecular flexibility index (Phi) is 1.89. The average Bonchev–Trinajstić information content (AvgIpc) is 3.03. The maximum Gasteiger partial charge on any atom is 0.0654 e. The van der Waals surface area contributed by atoms with Crippen molar-refractivity contribution in [1.82, 2.24) is 4.98 Å². The minimum atomic E-state index is 1.23. The Labute approximate surface area is 119 Å². The number of benzene rings is 3. The minimum Gasteiger partial charge on any atom is -0.353 e. The lowest BCUT2D eigenvalue weighted by Crippen LogP contribution is -1.73. The van der Waals surface area contributed by atoms with Crippen LogP contribution in [0.2, 0.25) is 0 Å². The number of H-pyrrole nitrogens is 1. The van der Waals surface area contributed by atoms with Crippen LogP contribution in [0.4, 0.5) is 0 Å². The first-order valence-corrected chi connectivity index (χ1v) is 7.54. The molecule has 20 heavy (non-hydrogen) atoms. The summed E-state index contributed by atoms with van der Waals surface area (Å²) in [5.74, 6) is 0. The Balaban J connectivity index is 2.13. The number of thiophene rings is 1. The molecule has 0 bridgehead atoms. The molecule has 0 unspecified atom stereocenters. The van der Waals surface area contributed by atoms with Crippen molar-refractivity contribution in [3.05, 3.63) is 60.7 Å². The number of hydrogen-bond donors (Lipinski definition) is 1. The molecule has 0 aliphatic carbocycles. The molecule has 0 amide bonds. The molecule has 2 heteroatoms. The van der Waals surface area contributed by atoms with E-state index in [-0.39, 0.29) is 0 Å². The fraction of sp³-hybridized carbons (Fsp3) is 0. The Morgan fingerprint density at radius 3 is 2.50 bits per heavy atom. The van der Waals surface area contributed by atoms with Crippen molar-refractivity contribution in [2.24, 2.45) is 0 Å². The lowest BCUT2D eigenvalue weighted by atomic mass is 10.1. The van der Waals surface area contributed by atoms with Crippen molar-refractivity contribution in [2.75, 3.05) is 0 Å². The van der Waals surface area contributed by atoms with E-state index in [4.69, 9.17) is 0 Å². The van der Waals surface area contributed by atoms with Gasteiger partial charge in [0.2, 0.25) is 0 Å². The van der Waals surface area contributed by atoms with E-state index in [9.17, 15) is 0 Å². The second kappa shape index (κ2) is 3.62. The maximum absolute atomic E-state index is 3.60. The van der Waals surface area contributed by atoms with Gasteiger partial charge in [0.15, 0.2) is 0 Å². The smallest absolute Gasteiger partial charge is 0.0654 e. The van der Waals surface area contributed by atoms with Crippen molar-refractivity contribution in [3.8, 4) is 0 Å². The summed E-state index contributed by atoms with van der Waals surface area (Å²) in [6, 6.07) is 21.6. The predicted octanol–water partition coefficient (Wildman–Crippen LogP) is 5.69. The molecule has 0 saturated carbocycles. The first kappa shape index (κ1) is 10.5. The van der Waals surface area contributed by atoms with Gasteiger partial charge in [-0.15, -0.1) is 11.3 Å². The number of hydrogen-bond acceptors (Lipinski definition) is 1. The predicted molar refractivity (Wildman–Crippen MR) is 88.7 cm³/mol. The highest BCUT2D eigenvalue weighted by Crippen LogP contribution is 2.40. The third-order valence-corrected chi connectivity index (χ3v) is 5.20. The molecular weight excluding hydrogens is 262 g/mol. The summed E-state index contributed by atoms with van der Waals surface area (Å²) in [4.78, 5) is 3.60. The van der Waals surface area contributed by atoms with Gasteiger partial charge >= 0.3 is 0 Å². The van der Waals surface area contributed by atoms with E-state index in [1.165, 1.54) is 42.0 Å². The first-order valence-electron chi connectivity index (χ1n) is 6.72. The lowest BCUT2D eigenvalue weighted by molar-refractivity contribution is 1.57. The topological polar surface area (TPSA) is 15.8 Å². The fourth-order valence-corrected chi connectivity index (χ4v) is 4.33. The zero-order valence-electron chi connectivity index (χ0n) is 10.7. The normalized spacial score (nSPS) is 12.0. The van der Waals surface area contributed by atoms with Crippen LogP contribution in [0.1, 0.15) is 0 Å². The number of rotatable bonds is 0. The van der Waals surface area contributed by atoms with Crippen molar-refractivity contribution >= 4 is 53.3 Å². The van der Waals surface area contributed by atoms with Gasteiger partial charge in [0.25, 0.3) is 0 Å². The molecule has 1 N–H and O–H groups in total. The van der Waals surface area contributed by atoms with Gasteiger partial charge in [-0.2, -0.15) is 0 Å². The SMILES string of the molecule is c1ccc2c(c1)ccc1[nH]c3c4ccccc4sc3c12. The van der Waals surface area contributed by atoms with Crippen LogP contribution < -0.4 is 0 Å². The Bertz CT molecular complexity index is 1100. The van der Waals surface area contributed by atoms with Crippen LogP contribution in [0.15, 0.2) is 60.7 Å². The largest absolute Gasteiger partial charge is 0.353 e. The number of fused-ring (bicyclic) bond motifs is 7. The van der Waals surface area contributed by atoms with Crippen molar-refractivity contribution in [1.29, 1.82) is 0 Å². The molecule has 2 heterocycles. The van der Waals surface area contributed by atoms with Gasteiger partial charge in [0, 0.05) is 21.0 Å². The third kappa shape index (κ3) is 1.22. The quantitative estimate of drug-likeness (QED) is 0.373. The lowest BCUT2D eigenvalue weighted by Gasteiger charge is -1.98. The van der Waals surface area contributed by atoms with Crippen LogP contribution in [0.3, 0.4) is 0 Å². The molecule has 0 aliphatic heterocycles. The van der Waals surface area contributed by atoms with Crippen molar-refractivity contribution in [3.63, 3.8) is 0 Å². The molecule has 0 spiro atoms. The molecule has 0 saturated heterocycles. The fourth-order valence-electron chi connectivity index (χ4n) is 3.10. The summed E-state index contributed by atoms with van der Waals surface area (Å²) < 4.78 is 2.72. The molecule has 0 atom stereocenters. The van der Waals surface area contributed by atoms with Crippen molar-refractivity contribution in [2.45, 2.75) is 0 Å². The van der Waals surface area contributed by atoms with E-state index in [0.29, 0.717) is 0 Å². The van der Waals surface area contributed by atoms with Crippen LogP contribution in [-0.4, -0.2) is 4.98 Å². The molecule has 0 aliphatic rings. The van der Waals surface area contributed by atoms with Crippen LogP contribution >= 0.6 is 11.3 Å². The van der Waals surface area contributed by atoms with Gasteiger partial charge in [0.05, 0.1) is 10.2 Å². The summed E-state index contributed by atoms with van der Waals surface area (Å²) in [5, 5.41) is 5.33. The molecular formula is C18H11NS. The number of nitrogens with one attached hydrogen (secondary N) is 1. The first-order chi connectivity index (χ1) is 9.92. The van der Waals surface area contributed by atoms with Gasteiger partial charge in [-0.25, -0.2) is 0 Å². The summed E-state index contributed by atoms with van der Waals surface area (Å²) in [5.41, 5.74) is 2.51. The minimum absolute atomic E-state index is 1.23. The van der Waals surface area contributed by atoms with Gasteiger partial charge in [-0.05, 0) is 22.9 Å². The van der Waals surface area contributed by atoms with Gasteiger partial charge < -0.3 is 4.98 Å². The van der Waals surface area contributed by atoms with E-state index in [1.807, 2.05) is 11.3 Å². The Hall–Kier alpha value is -2.32. The molecule has 94 valence electrons. The van der Waals surface area contributed by atoms with Crippen LogP contribution in [-0.2, 0) is 0 Å². The maximum atomic E-state index is 3.60. The van der Waals surface area contributed by atoms with Gasteiger partial charge in [-0.3, -0.25) is 0 Å². The van der Waals surface area contributed by atoms with Crippen LogP contribution in [0.5, 0.6) is 0 Å². The van der Waals surface area contributed by atoms with E-state index in [1.54, 1.807) is 0 Å². The van der Waals surface area contributed by atoms with Crippen LogP contribution in [0, 0.1) is 0 Å². The third-order valence-electron chi connectivity index (χ3n) is 4.01. The van der Waals surface area contributed by atoms with E-state index in [0.717, 1.165) is 0 Å². The number of aromatic amines is 1. The molecule has 2 aromatic heterocycles. The molecule has 5 aromatic rings. The summed E-state index contributed by atoms with van der Waals surface area (Å²) in [7, 11) is 0. The molecule has 1 nitrogen and oxygen atoms in total. The highest BCUT2D eigenvalue weighted by molar-refractivity contribution is 7.26. The highest BCUT2D eigenvalue weighted by atomic mass is 32.1. The van der Waals surface area contributed by atoms with Crippen LogP contribution in [0.25, 0.3) is 42.0 Å². The second-order valence-electron chi connectivity index (χ2n) is 5.14. The highest BCUT2D eigenvalue weighted by Gasteiger charge is 2.12. The zero-order chi connectivity index (χ0) is 13.1. The summed E-state index contributed by atoms with van der Waals surface area (Å²) in [6.45, 7) is 0. The van der Waals surface area contributed by atoms with E-state index < -0.39 is 0 Å². The van der Waals surface area contributed by atoms with E-state index in [2.05, 4.69) is 65.6 Å². The summed E-state index contributed by atoms with van der Waals surface area (Å²) >= 11 is 1.88. The van der Waals surface area contributed by atoms with Gasteiger partial charge in [-0.1, -0.05) is 48.5 Å². The Morgan fingerprint density at radius 2 is 1.55 bits per heavy atom. The monoisotopic (exact) mass is 273 g/mol. The number of aromatic nitrogens is 1. The molecule has 0 fully saturated rings. The average molecular weight is 273 g/mol. The second-order valence-corrected chi connectivity index (χ2v) is 6.19. The summed E-state index contributed by atoms with van der Waals surface area (Å²) in [6.07, 6.45) is 0. The van der Waals surface area contributed by atoms with Crippen molar-refractivity contribution < 1.29 is 0 Å². The molecule has 3 aromatic carbocycles. The van der Waals surface area contributed by atoms with E-state index >= 15 is 0 Å². The van der Waals surface area contributed by atoms with Gasteiger partial charge in [0.1, 0.15) is 0 Å². The molecule has 0 radical (unpaired) electrons. The Morgan fingerprint density at radius 1 is 0.750 bits per heavy atom. The zero-order valence-corrected chi connectivity index (χ0v) is 11.5. The standard InChI is InChI=1S/C18H11NS/c1-2-6-12-11(5-1)9-10-14-16(12)18-17(19-14)13-7-3-4-8-15(13)20-18/h1-10,19H. The molecule has 5 rings (SSSR count).